The van der Waals surface area contributed by atoms with E-state index in [1.54, 1.807) is 42.5 Å². The molecular formula is C24H21Cl3N2O4. The molecule has 0 spiro atoms. The lowest BCUT2D eigenvalue weighted by Crippen LogP contribution is -2.30. The molecule has 0 saturated carbocycles. The molecule has 172 valence electrons. The first kappa shape index (κ1) is 23.9. The highest BCUT2D eigenvalue weighted by molar-refractivity contribution is 6.34. The van der Waals surface area contributed by atoms with E-state index >= 15 is 0 Å². The highest BCUT2D eigenvalue weighted by Crippen LogP contribution is 2.27. The summed E-state index contributed by atoms with van der Waals surface area (Å²) in [7, 11) is 0. The van der Waals surface area contributed by atoms with Crippen molar-refractivity contribution in [3.63, 3.8) is 0 Å². The Kier molecular flexibility index (Phi) is 7.51. The number of benzene rings is 2. The maximum Gasteiger partial charge on any atom is 0.282 e. The maximum atomic E-state index is 13.3. The third-order valence-electron chi connectivity index (χ3n) is 5.76. The molecule has 6 nitrogen and oxygen atoms in total. The molecule has 9 heteroatoms. The van der Waals surface area contributed by atoms with Gasteiger partial charge in [-0.2, -0.15) is 9.78 Å². The van der Waals surface area contributed by atoms with Crippen LogP contribution in [0.3, 0.4) is 0 Å². The van der Waals surface area contributed by atoms with Gasteiger partial charge in [-0.1, -0.05) is 46.9 Å². The zero-order valence-electron chi connectivity index (χ0n) is 17.5. The van der Waals surface area contributed by atoms with Crippen molar-refractivity contribution in [2.24, 2.45) is 11.8 Å². The number of aliphatic hydroxyl groups excluding tert-OH is 1. The minimum Gasteiger partial charge on any atom is -0.396 e. The molecule has 2 aromatic carbocycles. The Balaban J connectivity index is 1.81. The standard InChI is InChI=1S/C24H21Cl3N2O4/c25-17-3-1-14(2-4-17)22-11-21(23(31)7-16(12-30)15-5-6-33-13-15)24(32)29(28-22)20-9-18(26)8-19(27)10-20/h1-4,8-11,15-16,30H,5-7,12-13H2. The first-order valence-corrected chi connectivity index (χ1v) is 11.6. The summed E-state index contributed by atoms with van der Waals surface area (Å²) in [5, 5.41) is 15.5. The minimum absolute atomic E-state index is 0.0246. The zero-order valence-corrected chi connectivity index (χ0v) is 19.8. The van der Waals surface area contributed by atoms with E-state index < -0.39 is 5.56 Å². The molecule has 1 aliphatic heterocycles. The molecule has 1 N–H and O–H groups in total. The van der Waals surface area contributed by atoms with Crippen LogP contribution in [0, 0.1) is 11.8 Å². The third kappa shape index (κ3) is 5.48. The van der Waals surface area contributed by atoms with Gasteiger partial charge in [-0.15, -0.1) is 0 Å². The van der Waals surface area contributed by atoms with Crippen LogP contribution in [-0.4, -0.2) is 40.5 Å². The molecule has 0 radical (unpaired) electrons. The van der Waals surface area contributed by atoms with Gasteiger partial charge in [-0.25, -0.2) is 0 Å². The summed E-state index contributed by atoms with van der Waals surface area (Å²) < 4.78 is 6.53. The van der Waals surface area contributed by atoms with Gasteiger partial charge < -0.3 is 9.84 Å². The van der Waals surface area contributed by atoms with Crippen molar-refractivity contribution in [1.82, 2.24) is 9.78 Å². The number of aromatic nitrogens is 2. The first-order chi connectivity index (χ1) is 15.9. The smallest absolute Gasteiger partial charge is 0.282 e. The van der Waals surface area contributed by atoms with Gasteiger partial charge in [0.05, 0.1) is 16.9 Å². The van der Waals surface area contributed by atoms with Crippen molar-refractivity contribution in [3.05, 3.63) is 79.5 Å². The number of nitrogens with zero attached hydrogens (tertiary/aromatic N) is 2. The Morgan fingerprint density at radius 2 is 1.79 bits per heavy atom. The second-order valence-electron chi connectivity index (χ2n) is 7.99. The van der Waals surface area contributed by atoms with Gasteiger partial charge in [-0.05, 0) is 54.7 Å². The summed E-state index contributed by atoms with van der Waals surface area (Å²) in [5.74, 6) is -0.587. The number of aliphatic hydroxyl groups is 1. The van der Waals surface area contributed by atoms with Crippen LogP contribution in [0.5, 0.6) is 0 Å². The van der Waals surface area contributed by atoms with Crippen molar-refractivity contribution in [2.45, 2.75) is 12.8 Å². The Labute approximate surface area is 205 Å². The van der Waals surface area contributed by atoms with Crippen LogP contribution in [0.15, 0.2) is 53.3 Å². The van der Waals surface area contributed by atoms with Gasteiger partial charge in [0.1, 0.15) is 0 Å². The van der Waals surface area contributed by atoms with Crippen LogP contribution in [0.25, 0.3) is 16.9 Å². The summed E-state index contributed by atoms with van der Waals surface area (Å²) >= 11 is 18.3. The van der Waals surface area contributed by atoms with Crippen molar-refractivity contribution in [3.8, 4) is 16.9 Å². The van der Waals surface area contributed by atoms with Crippen LogP contribution in [0.2, 0.25) is 15.1 Å². The summed E-state index contributed by atoms with van der Waals surface area (Å²) in [6.45, 7) is 0.941. The second kappa shape index (κ2) is 10.4. The number of hydrogen-bond donors (Lipinski definition) is 1. The van der Waals surface area contributed by atoms with Crippen LogP contribution in [-0.2, 0) is 4.74 Å². The van der Waals surface area contributed by atoms with Gasteiger partial charge in [0.25, 0.3) is 5.56 Å². The number of hydrogen-bond acceptors (Lipinski definition) is 5. The molecule has 1 aliphatic rings. The highest BCUT2D eigenvalue weighted by atomic mass is 35.5. The quantitative estimate of drug-likeness (QED) is 0.451. The van der Waals surface area contributed by atoms with E-state index in [9.17, 15) is 14.7 Å². The lowest BCUT2D eigenvalue weighted by atomic mass is 9.87. The van der Waals surface area contributed by atoms with E-state index in [1.807, 2.05) is 0 Å². The summed E-state index contributed by atoms with van der Waals surface area (Å²) in [6, 6.07) is 13.0. The van der Waals surface area contributed by atoms with Crippen LogP contribution in [0.4, 0.5) is 0 Å². The molecule has 0 aliphatic carbocycles. The Morgan fingerprint density at radius 3 is 2.39 bits per heavy atom. The molecule has 1 aromatic heterocycles. The number of halogens is 3. The Bertz CT molecular complexity index is 1200. The minimum atomic E-state index is -0.588. The third-order valence-corrected chi connectivity index (χ3v) is 6.45. The average Bonchev–Trinajstić information content (AvgIpc) is 3.32. The molecule has 0 bridgehead atoms. The SMILES string of the molecule is O=C(CC(CO)C1CCOC1)c1cc(-c2ccc(Cl)cc2)nn(-c2cc(Cl)cc(Cl)c2)c1=O. The van der Waals surface area contributed by atoms with Gasteiger partial charge in [0, 0.05) is 46.9 Å². The van der Waals surface area contributed by atoms with E-state index in [0.29, 0.717) is 45.2 Å². The van der Waals surface area contributed by atoms with Gasteiger partial charge >= 0.3 is 0 Å². The predicted octanol–water partition coefficient (Wildman–Crippen LogP) is 5.08. The van der Waals surface area contributed by atoms with Crippen molar-refractivity contribution < 1.29 is 14.6 Å². The van der Waals surface area contributed by atoms with E-state index in [0.717, 1.165) is 11.1 Å². The lowest BCUT2D eigenvalue weighted by Gasteiger charge is -2.19. The van der Waals surface area contributed by atoms with E-state index in [-0.39, 0.29) is 36.2 Å². The largest absolute Gasteiger partial charge is 0.396 e. The first-order valence-electron chi connectivity index (χ1n) is 10.4. The summed E-state index contributed by atoms with van der Waals surface area (Å²) in [4.78, 5) is 26.6. The highest BCUT2D eigenvalue weighted by Gasteiger charge is 2.29. The van der Waals surface area contributed by atoms with Crippen molar-refractivity contribution >= 4 is 40.6 Å². The normalized spacial score (nSPS) is 16.7. The number of carbonyl (C=O) groups excluding carboxylic acids is 1. The van der Waals surface area contributed by atoms with Gasteiger partial charge in [0.2, 0.25) is 0 Å². The molecule has 1 fully saturated rings. The lowest BCUT2D eigenvalue weighted by molar-refractivity contribution is 0.0873. The number of carbonyl (C=O) groups is 1. The number of ketones is 1. The summed E-state index contributed by atoms with van der Waals surface area (Å²) in [5.41, 5.74) is 0.817. The van der Waals surface area contributed by atoms with Gasteiger partial charge in [-0.3, -0.25) is 9.59 Å². The fraction of sp³-hybridized carbons (Fsp3) is 0.292. The fourth-order valence-electron chi connectivity index (χ4n) is 3.95. The fourth-order valence-corrected chi connectivity index (χ4v) is 4.59. The zero-order chi connectivity index (χ0) is 23.5. The van der Waals surface area contributed by atoms with Crippen LogP contribution in [0.1, 0.15) is 23.2 Å². The number of Topliss-reactive ketones (excluding diaryl/α,β-unsaturated/α-hetero) is 1. The summed E-state index contributed by atoms with van der Waals surface area (Å²) in [6.07, 6.45) is 0.802. The monoisotopic (exact) mass is 506 g/mol. The molecule has 4 rings (SSSR count). The van der Waals surface area contributed by atoms with E-state index in [1.165, 1.54) is 6.07 Å². The topological polar surface area (TPSA) is 81.4 Å². The van der Waals surface area contributed by atoms with Crippen molar-refractivity contribution in [1.29, 1.82) is 0 Å². The molecule has 3 aromatic rings. The molecule has 2 unspecified atom stereocenters. The molecule has 33 heavy (non-hydrogen) atoms. The van der Waals surface area contributed by atoms with Crippen molar-refractivity contribution in [2.75, 3.05) is 19.8 Å². The Morgan fingerprint density at radius 1 is 1.09 bits per heavy atom. The molecule has 1 saturated heterocycles. The molecule has 0 amide bonds. The van der Waals surface area contributed by atoms with E-state index in [2.05, 4.69) is 5.10 Å². The van der Waals surface area contributed by atoms with Crippen LogP contribution >= 0.6 is 34.8 Å². The van der Waals surface area contributed by atoms with Gasteiger partial charge in [0.15, 0.2) is 5.78 Å². The van der Waals surface area contributed by atoms with E-state index in [4.69, 9.17) is 39.5 Å². The molecule has 2 heterocycles. The maximum absolute atomic E-state index is 13.3. The number of rotatable bonds is 7. The second-order valence-corrected chi connectivity index (χ2v) is 9.30. The van der Waals surface area contributed by atoms with Crippen LogP contribution < -0.4 is 5.56 Å². The molecule has 2 atom stereocenters. The average molecular weight is 508 g/mol. The predicted molar refractivity (Wildman–Crippen MR) is 129 cm³/mol. The number of ether oxygens (including phenoxy) is 1. The Hall–Kier alpha value is -2.22. The molecular weight excluding hydrogens is 487 g/mol.